The lowest BCUT2D eigenvalue weighted by Gasteiger charge is -2.25. The number of ketones is 1. The van der Waals surface area contributed by atoms with Crippen LogP contribution < -0.4 is 4.74 Å². The Morgan fingerprint density at radius 1 is 1.05 bits per heavy atom. The number of carbonyl (C=O) groups is 2. The van der Waals surface area contributed by atoms with E-state index >= 15 is 0 Å². The van der Waals surface area contributed by atoms with Crippen LogP contribution in [0.2, 0.25) is 0 Å². The lowest BCUT2D eigenvalue weighted by Crippen LogP contribution is -2.32. The van der Waals surface area contributed by atoms with Gasteiger partial charge in [0.1, 0.15) is 18.1 Å². The fraction of sp³-hybridized carbons (Fsp3) is 0.214. The van der Waals surface area contributed by atoms with Crippen LogP contribution in [-0.4, -0.2) is 46.9 Å². The zero-order valence-electron chi connectivity index (χ0n) is 20.4. The van der Waals surface area contributed by atoms with Crippen molar-refractivity contribution in [3.63, 3.8) is 0 Å². The number of ether oxygens (including phenoxy) is 2. The molecular formula is C28H26N2O7. The van der Waals surface area contributed by atoms with Gasteiger partial charge in [-0.15, -0.1) is 0 Å². The highest BCUT2D eigenvalue weighted by molar-refractivity contribution is 6.46. The monoisotopic (exact) mass is 502 g/mol. The molecule has 1 atom stereocenters. The summed E-state index contributed by atoms with van der Waals surface area (Å²) in [5.41, 5.74) is 2.46. The molecule has 9 heteroatoms. The predicted octanol–water partition coefficient (Wildman–Crippen LogP) is 4.55. The van der Waals surface area contributed by atoms with Crippen LogP contribution in [-0.2, 0) is 20.9 Å². The maximum absolute atomic E-state index is 13.0. The van der Waals surface area contributed by atoms with E-state index in [1.165, 1.54) is 30.2 Å². The molecule has 1 unspecified atom stereocenters. The molecule has 0 aromatic heterocycles. The molecule has 3 aromatic carbocycles. The molecule has 3 aromatic rings. The maximum atomic E-state index is 13.0. The van der Waals surface area contributed by atoms with Crippen molar-refractivity contribution < 1.29 is 29.1 Å². The lowest BCUT2D eigenvalue weighted by molar-refractivity contribution is -0.384. The first-order valence-electron chi connectivity index (χ1n) is 11.6. The number of likely N-dealkylation sites (tertiary alicyclic amines) is 1. The summed E-state index contributed by atoms with van der Waals surface area (Å²) in [4.78, 5) is 38.0. The third-order valence-corrected chi connectivity index (χ3v) is 6.26. The molecule has 1 heterocycles. The van der Waals surface area contributed by atoms with Crippen molar-refractivity contribution in [2.75, 3.05) is 20.3 Å². The Kier molecular flexibility index (Phi) is 7.64. The van der Waals surface area contributed by atoms with Gasteiger partial charge in [0.05, 0.1) is 23.1 Å². The molecule has 9 nitrogen and oxygen atoms in total. The quantitative estimate of drug-likeness (QED) is 0.150. The molecule has 1 N–H and O–H groups in total. The van der Waals surface area contributed by atoms with E-state index in [0.29, 0.717) is 23.5 Å². The molecule has 1 aliphatic heterocycles. The molecule has 0 spiro atoms. The van der Waals surface area contributed by atoms with Gasteiger partial charge < -0.3 is 19.5 Å². The van der Waals surface area contributed by atoms with Crippen molar-refractivity contribution in [2.24, 2.45) is 0 Å². The number of nitro benzene ring substituents is 1. The highest BCUT2D eigenvalue weighted by atomic mass is 16.6. The van der Waals surface area contributed by atoms with Gasteiger partial charge in [-0.25, -0.2) is 0 Å². The zero-order valence-corrected chi connectivity index (χ0v) is 20.4. The van der Waals surface area contributed by atoms with Gasteiger partial charge in [-0.1, -0.05) is 36.4 Å². The lowest BCUT2D eigenvalue weighted by atomic mass is 9.95. The van der Waals surface area contributed by atoms with Gasteiger partial charge in [0.2, 0.25) is 0 Å². The molecule has 0 radical (unpaired) electrons. The Bertz CT molecular complexity index is 1360. The van der Waals surface area contributed by atoms with Gasteiger partial charge in [-0.05, 0) is 47.9 Å². The minimum Gasteiger partial charge on any atom is -0.507 e. The van der Waals surface area contributed by atoms with E-state index in [-0.39, 0.29) is 30.2 Å². The first kappa shape index (κ1) is 25.6. The summed E-state index contributed by atoms with van der Waals surface area (Å²) in [6, 6.07) is 19.1. The normalized spacial score (nSPS) is 16.7. The molecule has 1 saturated heterocycles. The third-order valence-electron chi connectivity index (χ3n) is 6.26. The summed E-state index contributed by atoms with van der Waals surface area (Å²) >= 11 is 0. The fourth-order valence-corrected chi connectivity index (χ4v) is 4.25. The Hall–Kier alpha value is -4.50. The van der Waals surface area contributed by atoms with Crippen LogP contribution in [0, 0.1) is 17.0 Å². The topological polar surface area (TPSA) is 119 Å². The molecule has 0 saturated carbocycles. The summed E-state index contributed by atoms with van der Waals surface area (Å²) in [6.07, 6.45) is 0. The zero-order chi connectivity index (χ0) is 26.5. The van der Waals surface area contributed by atoms with Gasteiger partial charge in [0.25, 0.3) is 17.4 Å². The van der Waals surface area contributed by atoms with Crippen LogP contribution in [0.15, 0.2) is 78.4 Å². The number of benzene rings is 3. The summed E-state index contributed by atoms with van der Waals surface area (Å²) < 4.78 is 10.9. The number of aryl methyl sites for hydroxylation is 1. The van der Waals surface area contributed by atoms with E-state index in [1.54, 1.807) is 30.3 Å². The van der Waals surface area contributed by atoms with E-state index in [4.69, 9.17) is 9.47 Å². The van der Waals surface area contributed by atoms with E-state index in [0.717, 1.165) is 11.1 Å². The van der Waals surface area contributed by atoms with Crippen molar-refractivity contribution in [3.05, 3.63) is 111 Å². The second-order valence-corrected chi connectivity index (χ2v) is 8.58. The third kappa shape index (κ3) is 5.36. The van der Waals surface area contributed by atoms with Crippen molar-refractivity contribution in [1.29, 1.82) is 0 Å². The number of hydrogen-bond donors (Lipinski definition) is 1. The van der Waals surface area contributed by atoms with E-state index in [1.807, 2.05) is 31.2 Å². The largest absolute Gasteiger partial charge is 0.507 e. The highest BCUT2D eigenvalue weighted by Gasteiger charge is 2.46. The molecule has 1 aliphatic rings. The highest BCUT2D eigenvalue weighted by Crippen LogP contribution is 2.40. The average molecular weight is 503 g/mol. The smallest absolute Gasteiger partial charge is 0.295 e. The maximum Gasteiger partial charge on any atom is 0.295 e. The number of nitro groups is 1. The van der Waals surface area contributed by atoms with Crippen LogP contribution >= 0.6 is 0 Å². The van der Waals surface area contributed by atoms with Crippen LogP contribution in [0.3, 0.4) is 0 Å². The molecule has 1 fully saturated rings. The first-order chi connectivity index (χ1) is 17.8. The molecule has 4 rings (SSSR count). The Morgan fingerprint density at radius 3 is 2.46 bits per heavy atom. The fourth-order valence-electron chi connectivity index (χ4n) is 4.25. The summed E-state index contributed by atoms with van der Waals surface area (Å²) in [5, 5.41) is 22.5. The van der Waals surface area contributed by atoms with Crippen LogP contribution in [0.4, 0.5) is 5.69 Å². The summed E-state index contributed by atoms with van der Waals surface area (Å²) in [7, 11) is 1.46. The average Bonchev–Trinajstić information content (AvgIpc) is 3.16. The minimum absolute atomic E-state index is 0.0664. The Balaban J connectivity index is 1.68. The number of rotatable bonds is 9. The summed E-state index contributed by atoms with van der Waals surface area (Å²) in [5.74, 6) is -1.49. The number of carbonyl (C=O) groups excluding carboxylic acids is 2. The van der Waals surface area contributed by atoms with Gasteiger partial charge in [0, 0.05) is 31.4 Å². The SMILES string of the molecule is COCCN1C(=O)C(=O)/C(=C(/O)c2ccc(OCc3ccccc3C)cc2)C1c1cccc([N+](=O)[O-])c1. The van der Waals surface area contributed by atoms with Crippen LogP contribution in [0.5, 0.6) is 5.75 Å². The predicted molar refractivity (Wildman–Crippen MR) is 136 cm³/mol. The Morgan fingerprint density at radius 2 is 1.78 bits per heavy atom. The number of aliphatic hydroxyl groups excluding tert-OH is 1. The number of amides is 1. The van der Waals surface area contributed by atoms with E-state index < -0.39 is 22.7 Å². The number of hydrogen-bond acceptors (Lipinski definition) is 7. The molecule has 0 bridgehead atoms. The van der Waals surface area contributed by atoms with Crippen molar-refractivity contribution in [3.8, 4) is 5.75 Å². The molecule has 190 valence electrons. The van der Waals surface area contributed by atoms with Gasteiger partial charge in [-0.2, -0.15) is 0 Å². The second-order valence-electron chi connectivity index (χ2n) is 8.58. The van der Waals surface area contributed by atoms with Gasteiger partial charge >= 0.3 is 0 Å². The van der Waals surface area contributed by atoms with Crippen LogP contribution in [0.1, 0.15) is 28.3 Å². The molecular weight excluding hydrogens is 476 g/mol. The number of non-ortho nitro benzene ring substituents is 1. The van der Waals surface area contributed by atoms with Crippen molar-refractivity contribution in [2.45, 2.75) is 19.6 Å². The Labute approximate surface area is 213 Å². The minimum atomic E-state index is -1.01. The van der Waals surface area contributed by atoms with E-state index in [2.05, 4.69) is 0 Å². The number of aliphatic hydroxyl groups is 1. The first-order valence-corrected chi connectivity index (χ1v) is 11.6. The van der Waals surface area contributed by atoms with Crippen LogP contribution in [0.25, 0.3) is 5.76 Å². The number of nitrogens with zero attached hydrogens (tertiary/aromatic N) is 2. The number of methoxy groups -OCH3 is 1. The van der Waals surface area contributed by atoms with E-state index in [9.17, 15) is 24.8 Å². The standard InChI is InChI=1S/C28H26N2O7/c1-18-6-3-4-7-21(18)17-37-23-12-10-19(11-13-23)26(31)24-25(20-8-5-9-22(16-20)30(34)35)29(14-15-36-2)28(33)27(24)32/h3-13,16,25,31H,14-15,17H2,1-2H3/b26-24+. The van der Waals surface area contributed by atoms with Crippen molar-refractivity contribution in [1.82, 2.24) is 4.90 Å². The molecule has 1 amide bonds. The van der Waals surface area contributed by atoms with Crippen molar-refractivity contribution >= 4 is 23.1 Å². The molecule has 0 aliphatic carbocycles. The van der Waals surface area contributed by atoms with Gasteiger partial charge in [-0.3, -0.25) is 19.7 Å². The van der Waals surface area contributed by atoms with Gasteiger partial charge in [0.15, 0.2) is 0 Å². The molecule has 37 heavy (non-hydrogen) atoms. The second kappa shape index (κ2) is 11.0. The number of Topliss-reactive ketones (excluding diaryl/α,β-unsaturated/α-hetero) is 1. The summed E-state index contributed by atoms with van der Waals surface area (Å²) in [6.45, 7) is 2.58.